The number of hydrogen-bond acceptors (Lipinski definition) is 4. The number of allylic oxidation sites excluding steroid dienone is 1. The maximum Gasteiger partial charge on any atom is 0.195 e. The van der Waals surface area contributed by atoms with Gasteiger partial charge < -0.3 is 15.0 Å². The second-order valence-electron chi connectivity index (χ2n) is 7.22. The van der Waals surface area contributed by atoms with Gasteiger partial charge in [-0.05, 0) is 63.1 Å². The molecule has 0 radical (unpaired) electrons. The fourth-order valence-electron chi connectivity index (χ4n) is 3.40. The molecule has 0 spiro atoms. The molecular formula is C24H24N2O3. The van der Waals surface area contributed by atoms with Crippen molar-refractivity contribution in [1.29, 1.82) is 0 Å². The molecule has 0 fully saturated rings. The third-order valence-corrected chi connectivity index (χ3v) is 4.73. The first-order valence-electron chi connectivity index (χ1n) is 9.26. The van der Waals surface area contributed by atoms with Gasteiger partial charge in [0.1, 0.15) is 5.75 Å². The third kappa shape index (κ3) is 3.99. The van der Waals surface area contributed by atoms with E-state index >= 15 is 0 Å². The van der Waals surface area contributed by atoms with Gasteiger partial charge >= 0.3 is 0 Å². The van der Waals surface area contributed by atoms with Gasteiger partial charge in [-0.1, -0.05) is 24.3 Å². The van der Waals surface area contributed by atoms with Crippen molar-refractivity contribution in [3.63, 3.8) is 0 Å². The van der Waals surface area contributed by atoms with E-state index in [0.717, 1.165) is 28.5 Å². The van der Waals surface area contributed by atoms with Crippen molar-refractivity contribution in [2.24, 2.45) is 0 Å². The Morgan fingerprint density at radius 3 is 2.31 bits per heavy atom. The maximum absolute atomic E-state index is 12.4. The molecule has 3 aromatic rings. The Hall–Kier alpha value is -3.60. The number of carbonyl (C=O) groups is 1. The Balaban J connectivity index is 2.19. The van der Waals surface area contributed by atoms with E-state index in [4.69, 9.17) is 10.5 Å². The summed E-state index contributed by atoms with van der Waals surface area (Å²) >= 11 is 0. The van der Waals surface area contributed by atoms with Gasteiger partial charge in [0, 0.05) is 23.6 Å². The van der Waals surface area contributed by atoms with E-state index in [1.165, 1.54) is 6.20 Å². The summed E-state index contributed by atoms with van der Waals surface area (Å²) in [6, 6.07) is 9.41. The lowest BCUT2D eigenvalue weighted by Crippen LogP contribution is -2.19. The fourth-order valence-corrected chi connectivity index (χ4v) is 3.40. The number of pyridine rings is 1. The van der Waals surface area contributed by atoms with Crippen molar-refractivity contribution in [1.82, 2.24) is 4.57 Å². The molecule has 0 saturated carbocycles. The van der Waals surface area contributed by atoms with Crippen molar-refractivity contribution in [3.8, 4) is 17.2 Å². The van der Waals surface area contributed by atoms with Crippen LogP contribution in [-0.4, -0.2) is 10.4 Å². The van der Waals surface area contributed by atoms with Crippen molar-refractivity contribution in [2.75, 3.05) is 5.73 Å². The van der Waals surface area contributed by atoms with Crippen LogP contribution < -0.4 is 15.9 Å². The third-order valence-electron chi connectivity index (χ3n) is 4.73. The molecule has 29 heavy (non-hydrogen) atoms. The van der Waals surface area contributed by atoms with E-state index in [-0.39, 0.29) is 11.0 Å². The van der Waals surface area contributed by atoms with Crippen LogP contribution in [0.2, 0.25) is 0 Å². The summed E-state index contributed by atoms with van der Waals surface area (Å²) in [4.78, 5) is 24.5. The first-order valence-corrected chi connectivity index (χ1v) is 9.26. The highest BCUT2D eigenvalue weighted by molar-refractivity contribution is 6.04. The number of nitrogens with zero attached hydrogens (tertiary/aromatic N) is 1. The lowest BCUT2D eigenvalue weighted by Gasteiger charge is -2.18. The molecule has 5 heteroatoms. The predicted molar refractivity (Wildman–Crippen MR) is 116 cm³/mol. The molecule has 1 heterocycles. The number of ether oxygens (including phenoxy) is 1. The van der Waals surface area contributed by atoms with Gasteiger partial charge in [-0.2, -0.15) is 0 Å². The summed E-state index contributed by atoms with van der Waals surface area (Å²) in [7, 11) is 0. The summed E-state index contributed by atoms with van der Waals surface area (Å²) < 4.78 is 7.97. The molecule has 148 valence electrons. The molecule has 0 atom stereocenters. The summed E-state index contributed by atoms with van der Waals surface area (Å²) in [6.45, 7) is 11.2. The van der Waals surface area contributed by atoms with Gasteiger partial charge in [-0.25, -0.2) is 0 Å². The molecular weight excluding hydrogens is 364 g/mol. The van der Waals surface area contributed by atoms with Gasteiger partial charge in [0.05, 0.1) is 11.3 Å². The number of nitrogen functional groups attached to an aromatic ring is 1. The minimum absolute atomic E-state index is 0.0519. The van der Waals surface area contributed by atoms with Crippen LogP contribution in [0.15, 0.2) is 60.2 Å². The van der Waals surface area contributed by atoms with E-state index < -0.39 is 5.78 Å². The highest BCUT2D eigenvalue weighted by atomic mass is 16.5. The number of carbonyl (C=O) groups excluding carboxylic acids is 1. The average Bonchev–Trinajstić information content (AvgIpc) is 2.67. The van der Waals surface area contributed by atoms with Gasteiger partial charge in [0.2, 0.25) is 0 Å². The van der Waals surface area contributed by atoms with Crippen LogP contribution >= 0.6 is 0 Å². The van der Waals surface area contributed by atoms with Crippen molar-refractivity contribution in [3.05, 3.63) is 93.4 Å². The van der Waals surface area contributed by atoms with Crippen LogP contribution in [0, 0.1) is 27.7 Å². The van der Waals surface area contributed by atoms with Crippen molar-refractivity contribution < 1.29 is 9.53 Å². The first-order chi connectivity index (χ1) is 13.7. The molecule has 5 nitrogen and oxygen atoms in total. The Bertz CT molecular complexity index is 1170. The molecule has 0 aliphatic rings. The number of anilines is 1. The summed E-state index contributed by atoms with van der Waals surface area (Å²) in [5, 5.41) is 0. The number of rotatable bonds is 5. The number of aryl methyl sites for hydroxylation is 4. The summed E-state index contributed by atoms with van der Waals surface area (Å²) in [5.41, 5.74) is 10.6. The molecule has 0 aliphatic heterocycles. The monoisotopic (exact) mass is 388 g/mol. The highest BCUT2D eigenvalue weighted by Gasteiger charge is 2.15. The number of hydrogen-bond donors (Lipinski definition) is 1. The molecule has 1 aromatic heterocycles. The zero-order chi connectivity index (χ0) is 21.3. The Morgan fingerprint density at radius 2 is 1.69 bits per heavy atom. The number of benzene rings is 2. The summed E-state index contributed by atoms with van der Waals surface area (Å²) in [5.74, 6) is 0.903. The van der Waals surface area contributed by atoms with Crippen LogP contribution in [0.4, 0.5) is 5.69 Å². The fraction of sp³-hybridized carbons (Fsp3) is 0.167. The van der Waals surface area contributed by atoms with E-state index in [1.807, 2.05) is 20.8 Å². The molecule has 2 N–H and O–H groups in total. The predicted octanol–water partition coefficient (Wildman–Crippen LogP) is 4.81. The average molecular weight is 388 g/mol. The minimum atomic E-state index is -0.427. The number of ketones is 1. The topological polar surface area (TPSA) is 74.3 Å². The molecule has 0 aliphatic carbocycles. The van der Waals surface area contributed by atoms with E-state index in [2.05, 4.69) is 18.7 Å². The quantitative estimate of drug-likeness (QED) is 0.386. The first kappa shape index (κ1) is 20.1. The normalized spacial score (nSPS) is 10.6. The maximum atomic E-state index is 12.4. The molecule has 0 unspecified atom stereocenters. The van der Waals surface area contributed by atoms with Crippen LogP contribution in [0.3, 0.4) is 0 Å². The molecule has 3 rings (SSSR count). The van der Waals surface area contributed by atoms with Crippen LogP contribution in [-0.2, 0) is 0 Å². The van der Waals surface area contributed by atoms with E-state index in [9.17, 15) is 9.59 Å². The molecule has 2 aromatic carbocycles. The largest absolute Gasteiger partial charge is 0.455 e. The van der Waals surface area contributed by atoms with Crippen molar-refractivity contribution >= 4 is 11.5 Å². The SMILES string of the molecule is C=CC(=O)c1cn(-c2cc(N)ccc2Oc2c(C)cc(C)cc2C)cc(C)c1=O. The Morgan fingerprint density at radius 1 is 1.03 bits per heavy atom. The molecule has 0 saturated heterocycles. The van der Waals surface area contributed by atoms with Crippen LogP contribution in [0.1, 0.15) is 32.6 Å². The zero-order valence-electron chi connectivity index (χ0n) is 17.1. The lowest BCUT2D eigenvalue weighted by atomic mass is 10.1. The lowest BCUT2D eigenvalue weighted by molar-refractivity contribution is 0.104. The molecule has 0 bridgehead atoms. The van der Waals surface area contributed by atoms with E-state index in [1.54, 1.807) is 35.9 Å². The second-order valence-corrected chi connectivity index (χ2v) is 7.22. The van der Waals surface area contributed by atoms with Gasteiger partial charge in [0.15, 0.2) is 17.0 Å². The van der Waals surface area contributed by atoms with Gasteiger partial charge in [0.25, 0.3) is 0 Å². The minimum Gasteiger partial charge on any atom is -0.455 e. The number of aromatic nitrogens is 1. The Labute approximate surface area is 170 Å². The van der Waals surface area contributed by atoms with Gasteiger partial charge in [-0.15, -0.1) is 0 Å². The van der Waals surface area contributed by atoms with Crippen molar-refractivity contribution in [2.45, 2.75) is 27.7 Å². The molecule has 0 amide bonds. The second kappa shape index (κ2) is 7.80. The van der Waals surface area contributed by atoms with Crippen LogP contribution in [0.5, 0.6) is 11.5 Å². The zero-order valence-corrected chi connectivity index (χ0v) is 17.1. The highest BCUT2D eigenvalue weighted by Crippen LogP contribution is 2.34. The number of nitrogens with two attached hydrogens (primary N) is 1. The Kier molecular flexibility index (Phi) is 5.41. The smallest absolute Gasteiger partial charge is 0.195 e. The van der Waals surface area contributed by atoms with Crippen LogP contribution in [0.25, 0.3) is 5.69 Å². The van der Waals surface area contributed by atoms with Gasteiger partial charge in [-0.3, -0.25) is 9.59 Å². The van der Waals surface area contributed by atoms with E-state index in [0.29, 0.717) is 22.7 Å². The standard InChI is InChI=1S/C24H24N2O3/c1-6-21(27)19-13-26(12-17(5)23(19)28)20-11-18(25)7-8-22(20)29-24-15(3)9-14(2)10-16(24)4/h6-13H,1,25H2,2-5H3. The summed E-state index contributed by atoms with van der Waals surface area (Å²) in [6.07, 6.45) is 4.30.